The van der Waals surface area contributed by atoms with Crippen molar-refractivity contribution in [3.63, 3.8) is 0 Å². The molecule has 0 aliphatic rings. The summed E-state index contributed by atoms with van der Waals surface area (Å²) in [5, 5.41) is 6.13. The molecule has 2 aromatic carbocycles. The molecular weight excluding hydrogens is 397 g/mol. The van der Waals surface area contributed by atoms with Crippen molar-refractivity contribution in [1.29, 1.82) is 0 Å². The Kier molecular flexibility index (Phi) is 6.63. The number of pyridine rings is 1. The van der Waals surface area contributed by atoms with Crippen LogP contribution in [-0.4, -0.2) is 23.3 Å². The van der Waals surface area contributed by atoms with Gasteiger partial charge in [-0.05, 0) is 35.9 Å². The van der Waals surface area contributed by atoms with Gasteiger partial charge in [-0.1, -0.05) is 59.6 Å². The van der Waals surface area contributed by atoms with Crippen molar-refractivity contribution in [2.24, 2.45) is 0 Å². The Bertz CT molecular complexity index is 926. The number of nitrogens with one attached hydrogen (secondary N) is 2. The van der Waals surface area contributed by atoms with Crippen molar-refractivity contribution in [3.05, 3.63) is 99.8 Å². The second-order valence-electron chi connectivity index (χ2n) is 5.97. The predicted molar refractivity (Wildman–Crippen MR) is 109 cm³/mol. The highest BCUT2D eigenvalue weighted by Crippen LogP contribution is 2.21. The van der Waals surface area contributed by atoms with E-state index in [-0.39, 0.29) is 23.0 Å². The van der Waals surface area contributed by atoms with E-state index in [9.17, 15) is 9.59 Å². The largest absolute Gasteiger partial charge is 0.343 e. The Balaban J connectivity index is 1.68. The SMILES string of the molecule is O=C(CNC(=O)c1ccc(Cl)cc1Cl)NC(c1ccccc1)c1ccccn1. The van der Waals surface area contributed by atoms with Gasteiger partial charge in [0.15, 0.2) is 0 Å². The van der Waals surface area contributed by atoms with Crippen LogP contribution in [0.3, 0.4) is 0 Å². The van der Waals surface area contributed by atoms with Gasteiger partial charge in [0.2, 0.25) is 5.91 Å². The lowest BCUT2D eigenvalue weighted by Gasteiger charge is -2.19. The van der Waals surface area contributed by atoms with E-state index in [2.05, 4.69) is 15.6 Å². The number of hydrogen-bond acceptors (Lipinski definition) is 3. The van der Waals surface area contributed by atoms with Gasteiger partial charge in [-0.15, -0.1) is 0 Å². The maximum absolute atomic E-state index is 12.5. The lowest BCUT2D eigenvalue weighted by molar-refractivity contribution is -0.120. The molecule has 0 radical (unpaired) electrons. The van der Waals surface area contributed by atoms with Gasteiger partial charge in [0.05, 0.1) is 28.9 Å². The number of hydrogen-bond donors (Lipinski definition) is 2. The first-order valence-corrected chi connectivity index (χ1v) is 9.28. The summed E-state index contributed by atoms with van der Waals surface area (Å²) in [4.78, 5) is 29.1. The molecule has 3 rings (SSSR count). The average Bonchev–Trinajstić information content (AvgIpc) is 2.71. The molecule has 142 valence electrons. The molecule has 0 saturated heterocycles. The highest BCUT2D eigenvalue weighted by Gasteiger charge is 2.19. The quantitative estimate of drug-likeness (QED) is 0.640. The average molecular weight is 414 g/mol. The van der Waals surface area contributed by atoms with E-state index in [1.54, 1.807) is 12.3 Å². The van der Waals surface area contributed by atoms with E-state index in [4.69, 9.17) is 23.2 Å². The van der Waals surface area contributed by atoms with Gasteiger partial charge >= 0.3 is 0 Å². The van der Waals surface area contributed by atoms with E-state index in [1.165, 1.54) is 12.1 Å². The molecule has 2 amide bonds. The van der Waals surface area contributed by atoms with Gasteiger partial charge in [0.25, 0.3) is 5.91 Å². The first-order chi connectivity index (χ1) is 13.5. The highest BCUT2D eigenvalue weighted by molar-refractivity contribution is 6.36. The normalized spacial score (nSPS) is 11.5. The molecular formula is C21H17Cl2N3O2. The number of carbonyl (C=O) groups excluding carboxylic acids is 2. The van der Waals surface area contributed by atoms with Crippen LogP contribution in [0, 0.1) is 0 Å². The molecule has 5 nitrogen and oxygen atoms in total. The number of aromatic nitrogens is 1. The molecule has 2 N–H and O–H groups in total. The summed E-state index contributed by atoms with van der Waals surface area (Å²) in [6.07, 6.45) is 1.67. The monoisotopic (exact) mass is 413 g/mol. The molecule has 0 bridgehead atoms. The summed E-state index contributed by atoms with van der Waals surface area (Å²) < 4.78 is 0. The van der Waals surface area contributed by atoms with Gasteiger partial charge in [-0.25, -0.2) is 0 Å². The van der Waals surface area contributed by atoms with Crippen LogP contribution < -0.4 is 10.6 Å². The first kappa shape index (κ1) is 19.9. The van der Waals surface area contributed by atoms with Gasteiger partial charge in [-0.3, -0.25) is 14.6 Å². The Morgan fingerprint density at radius 2 is 1.71 bits per heavy atom. The third kappa shape index (κ3) is 5.09. The number of halogens is 2. The molecule has 1 atom stereocenters. The molecule has 1 aromatic heterocycles. The second kappa shape index (κ2) is 9.35. The van der Waals surface area contributed by atoms with Crippen molar-refractivity contribution in [3.8, 4) is 0 Å². The summed E-state index contributed by atoms with van der Waals surface area (Å²) in [5.41, 5.74) is 1.85. The van der Waals surface area contributed by atoms with Gasteiger partial charge < -0.3 is 10.6 Å². The van der Waals surface area contributed by atoms with Crippen LogP contribution >= 0.6 is 23.2 Å². The van der Waals surface area contributed by atoms with E-state index >= 15 is 0 Å². The topological polar surface area (TPSA) is 71.1 Å². The zero-order valence-electron chi connectivity index (χ0n) is 14.7. The fourth-order valence-electron chi connectivity index (χ4n) is 2.66. The molecule has 0 aliphatic carbocycles. The third-order valence-corrected chi connectivity index (χ3v) is 4.55. The van der Waals surface area contributed by atoms with E-state index in [1.807, 2.05) is 48.5 Å². The summed E-state index contributed by atoms with van der Waals surface area (Å²) in [6, 6.07) is 19.1. The molecule has 28 heavy (non-hydrogen) atoms. The molecule has 0 aliphatic heterocycles. The van der Waals surface area contributed by atoms with Gasteiger partial charge in [0, 0.05) is 11.2 Å². The van der Waals surface area contributed by atoms with Crippen molar-refractivity contribution in [1.82, 2.24) is 15.6 Å². The lowest BCUT2D eigenvalue weighted by atomic mass is 10.0. The number of nitrogens with zero attached hydrogens (tertiary/aromatic N) is 1. The zero-order chi connectivity index (χ0) is 19.9. The smallest absolute Gasteiger partial charge is 0.253 e. The van der Waals surface area contributed by atoms with Crippen LogP contribution in [0.2, 0.25) is 10.0 Å². The predicted octanol–water partition coefficient (Wildman–Crippen LogP) is 4.02. The van der Waals surface area contributed by atoms with Crippen LogP contribution in [0.5, 0.6) is 0 Å². The second-order valence-corrected chi connectivity index (χ2v) is 6.82. The highest BCUT2D eigenvalue weighted by atomic mass is 35.5. The minimum Gasteiger partial charge on any atom is -0.343 e. The fraction of sp³-hybridized carbons (Fsp3) is 0.0952. The van der Waals surface area contributed by atoms with E-state index in [0.29, 0.717) is 10.7 Å². The van der Waals surface area contributed by atoms with Crippen molar-refractivity contribution in [2.75, 3.05) is 6.54 Å². The van der Waals surface area contributed by atoms with Gasteiger partial charge in [0.1, 0.15) is 0 Å². The molecule has 1 unspecified atom stereocenters. The zero-order valence-corrected chi connectivity index (χ0v) is 16.2. The minimum absolute atomic E-state index is 0.200. The fourth-order valence-corrected chi connectivity index (χ4v) is 3.16. The maximum atomic E-state index is 12.5. The Morgan fingerprint density at radius 1 is 0.964 bits per heavy atom. The Labute approximate surface area is 172 Å². The van der Waals surface area contributed by atoms with E-state index < -0.39 is 11.9 Å². The number of carbonyl (C=O) groups is 2. The Morgan fingerprint density at radius 3 is 2.39 bits per heavy atom. The Hall–Kier alpha value is -2.89. The summed E-state index contributed by atoms with van der Waals surface area (Å²) in [5.74, 6) is -0.802. The summed E-state index contributed by atoms with van der Waals surface area (Å²) in [7, 11) is 0. The summed E-state index contributed by atoms with van der Waals surface area (Å²) in [6.45, 7) is -0.200. The van der Waals surface area contributed by atoms with Crippen LogP contribution in [0.1, 0.15) is 27.7 Å². The molecule has 1 heterocycles. The van der Waals surface area contributed by atoms with Crippen LogP contribution in [0.4, 0.5) is 0 Å². The molecule has 0 saturated carbocycles. The maximum Gasteiger partial charge on any atom is 0.253 e. The van der Waals surface area contributed by atoms with Crippen molar-refractivity contribution >= 4 is 35.0 Å². The van der Waals surface area contributed by atoms with Crippen molar-refractivity contribution < 1.29 is 9.59 Å². The molecule has 0 spiro atoms. The third-order valence-electron chi connectivity index (χ3n) is 4.01. The minimum atomic E-state index is -0.453. The molecule has 7 heteroatoms. The molecule has 0 fully saturated rings. The van der Waals surface area contributed by atoms with Crippen LogP contribution in [-0.2, 0) is 4.79 Å². The van der Waals surface area contributed by atoms with Crippen LogP contribution in [0.15, 0.2) is 72.9 Å². The number of amides is 2. The van der Waals surface area contributed by atoms with Gasteiger partial charge in [-0.2, -0.15) is 0 Å². The first-order valence-electron chi connectivity index (χ1n) is 8.53. The summed E-state index contributed by atoms with van der Waals surface area (Å²) >= 11 is 11.9. The number of rotatable bonds is 6. The number of benzene rings is 2. The lowest BCUT2D eigenvalue weighted by Crippen LogP contribution is -2.39. The standard InChI is InChI=1S/C21H17Cl2N3O2/c22-15-9-10-16(17(23)12-15)21(28)25-13-19(27)26-20(14-6-2-1-3-7-14)18-8-4-5-11-24-18/h1-12,20H,13H2,(H,25,28)(H,26,27). The molecule has 3 aromatic rings. The van der Waals surface area contributed by atoms with E-state index in [0.717, 1.165) is 5.56 Å². The van der Waals surface area contributed by atoms with Crippen LogP contribution in [0.25, 0.3) is 0 Å². The van der Waals surface area contributed by atoms with Crippen molar-refractivity contribution in [2.45, 2.75) is 6.04 Å².